The Hall–Kier alpha value is -2.29. The number of amides is 1. The Kier molecular flexibility index (Phi) is 7.79. The maximum Gasteiger partial charge on any atom is 0.264 e. The van der Waals surface area contributed by atoms with Crippen molar-refractivity contribution in [2.45, 2.75) is 82.0 Å². The first-order valence-electron chi connectivity index (χ1n) is 15.1. The first kappa shape index (κ1) is 28.8. The number of rotatable bonds is 0. The fourth-order valence-corrected chi connectivity index (χ4v) is 9.06. The maximum absolute atomic E-state index is 13.3. The number of sulfonamides is 1. The van der Waals surface area contributed by atoms with Gasteiger partial charge in [0.1, 0.15) is 5.75 Å². The lowest BCUT2D eigenvalue weighted by molar-refractivity contribution is 0.00857. The minimum atomic E-state index is -3.88. The molecule has 2 heterocycles. The van der Waals surface area contributed by atoms with Gasteiger partial charge in [0.15, 0.2) is 0 Å². The lowest BCUT2D eigenvalue weighted by atomic mass is 9.68. The van der Waals surface area contributed by atoms with E-state index in [1.54, 1.807) is 25.1 Å². The third kappa shape index (κ3) is 5.48. The number of aryl methyl sites for hydroxylation is 1. The van der Waals surface area contributed by atoms with Gasteiger partial charge in [0.05, 0.1) is 23.6 Å². The summed E-state index contributed by atoms with van der Waals surface area (Å²) in [6.45, 7) is 5.53. The summed E-state index contributed by atoms with van der Waals surface area (Å²) in [5.41, 5.74) is 3.39. The highest BCUT2D eigenvalue weighted by Gasteiger charge is 2.44. The van der Waals surface area contributed by atoms with Crippen LogP contribution in [0.15, 0.2) is 36.4 Å². The largest absolute Gasteiger partial charge is 0.490 e. The Morgan fingerprint density at radius 1 is 1.07 bits per heavy atom. The predicted molar refractivity (Wildman–Crippen MR) is 161 cm³/mol. The Balaban J connectivity index is 1.41. The van der Waals surface area contributed by atoms with E-state index in [-0.39, 0.29) is 17.3 Å². The molecule has 1 spiro atoms. The molecule has 6 rings (SSSR count). The van der Waals surface area contributed by atoms with Crippen LogP contribution in [0, 0.1) is 17.8 Å². The summed E-state index contributed by atoms with van der Waals surface area (Å²) in [7, 11) is -3.88. The number of nitrogens with one attached hydrogen (secondary N) is 1. The Bertz CT molecular complexity index is 1430. The van der Waals surface area contributed by atoms with Crippen molar-refractivity contribution in [3.8, 4) is 5.75 Å². The minimum absolute atomic E-state index is 0.141. The molecule has 2 aliphatic carbocycles. The number of halogens is 1. The van der Waals surface area contributed by atoms with E-state index in [0.717, 1.165) is 55.8 Å². The molecule has 1 saturated carbocycles. The van der Waals surface area contributed by atoms with Gasteiger partial charge in [-0.25, -0.2) is 13.1 Å². The molecule has 222 valence electrons. The van der Waals surface area contributed by atoms with Gasteiger partial charge in [0.25, 0.3) is 5.91 Å². The summed E-state index contributed by atoms with van der Waals surface area (Å²) in [5, 5.41) is 11.2. The highest BCUT2D eigenvalue weighted by atomic mass is 35.5. The van der Waals surface area contributed by atoms with Crippen molar-refractivity contribution in [2.75, 3.05) is 24.6 Å². The quantitative estimate of drug-likeness (QED) is 0.416. The lowest BCUT2D eigenvalue weighted by Gasteiger charge is -2.46. The second kappa shape index (κ2) is 11.1. The number of aliphatic hydroxyl groups excluding tert-OH is 1. The zero-order chi connectivity index (χ0) is 28.9. The van der Waals surface area contributed by atoms with E-state index in [1.807, 2.05) is 13.0 Å². The molecule has 2 aliphatic heterocycles. The van der Waals surface area contributed by atoms with Gasteiger partial charge in [0.2, 0.25) is 10.0 Å². The zero-order valence-electron chi connectivity index (χ0n) is 23.9. The van der Waals surface area contributed by atoms with Crippen LogP contribution in [0.4, 0.5) is 5.69 Å². The average molecular weight is 601 g/mol. The van der Waals surface area contributed by atoms with E-state index >= 15 is 0 Å². The monoisotopic (exact) mass is 600 g/mol. The van der Waals surface area contributed by atoms with Crippen LogP contribution in [0.1, 0.15) is 80.3 Å². The molecule has 9 heteroatoms. The molecule has 4 aliphatic rings. The van der Waals surface area contributed by atoms with Crippen molar-refractivity contribution in [1.29, 1.82) is 0 Å². The molecule has 0 radical (unpaired) electrons. The summed E-state index contributed by atoms with van der Waals surface area (Å²) in [6.07, 6.45) is 6.74. The average Bonchev–Trinajstić information content (AvgIpc) is 3.06. The summed E-state index contributed by atoms with van der Waals surface area (Å²) >= 11 is 6.38. The van der Waals surface area contributed by atoms with E-state index in [0.29, 0.717) is 43.2 Å². The van der Waals surface area contributed by atoms with E-state index in [2.05, 4.69) is 21.8 Å². The van der Waals surface area contributed by atoms with Crippen LogP contribution in [0.25, 0.3) is 0 Å². The van der Waals surface area contributed by atoms with Gasteiger partial charge in [-0.1, -0.05) is 31.0 Å². The van der Waals surface area contributed by atoms with Crippen molar-refractivity contribution in [1.82, 2.24) is 4.72 Å². The molecule has 0 saturated heterocycles. The van der Waals surface area contributed by atoms with E-state index in [4.69, 9.17) is 16.3 Å². The normalized spacial score (nSPS) is 33.4. The van der Waals surface area contributed by atoms with Crippen LogP contribution in [0.3, 0.4) is 0 Å². The van der Waals surface area contributed by atoms with E-state index < -0.39 is 27.3 Å². The molecule has 2 aromatic carbocycles. The van der Waals surface area contributed by atoms with Crippen molar-refractivity contribution in [3.63, 3.8) is 0 Å². The first-order chi connectivity index (χ1) is 19.6. The second-order valence-corrected chi connectivity index (χ2v) is 15.4. The van der Waals surface area contributed by atoms with Gasteiger partial charge in [-0.2, -0.15) is 0 Å². The molecule has 0 aromatic heterocycles. The van der Waals surface area contributed by atoms with Crippen LogP contribution >= 0.6 is 11.6 Å². The number of carbonyl (C=O) groups excluding carboxylic acids is 1. The molecular weight excluding hydrogens is 560 g/mol. The molecule has 0 unspecified atom stereocenters. The first-order valence-corrected chi connectivity index (χ1v) is 17.0. The molecule has 2 aromatic rings. The minimum Gasteiger partial charge on any atom is -0.490 e. The maximum atomic E-state index is 13.3. The van der Waals surface area contributed by atoms with Gasteiger partial charge >= 0.3 is 0 Å². The van der Waals surface area contributed by atoms with Crippen molar-refractivity contribution >= 4 is 33.2 Å². The predicted octanol–water partition coefficient (Wildman–Crippen LogP) is 5.47. The topological polar surface area (TPSA) is 95.9 Å². The van der Waals surface area contributed by atoms with Gasteiger partial charge in [-0.15, -0.1) is 0 Å². The molecule has 7 nitrogen and oxygen atoms in total. The molecule has 6 atom stereocenters. The van der Waals surface area contributed by atoms with E-state index in [1.165, 1.54) is 11.1 Å². The van der Waals surface area contributed by atoms with Crippen LogP contribution in [-0.4, -0.2) is 50.5 Å². The second-order valence-electron chi connectivity index (χ2n) is 12.9. The molecule has 1 fully saturated rings. The fourth-order valence-electron chi connectivity index (χ4n) is 7.55. The summed E-state index contributed by atoms with van der Waals surface area (Å²) < 4.78 is 35.2. The zero-order valence-corrected chi connectivity index (χ0v) is 25.5. The highest BCUT2D eigenvalue weighted by molar-refractivity contribution is 7.90. The summed E-state index contributed by atoms with van der Waals surface area (Å²) in [4.78, 5) is 15.7. The SMILES string of the molecule is C[C@H]1CCC[C@H](O)[C@@H]2CC[C@H]2CN2C[C@@]3(CCCc4cc(Cl)ccc43)COc3ccc(cc32)C(=O)NS(=O)(=O)[C@H]1C. The summed E-state index contributed by atoms with van der Waals surface area (Å²) in [5.74, 6) is 0.489. The third-order valence-electron chi connectivity index (χ3n) is 10.4. The van der Waals surface area contributed by atoms with Crippen molar-refractivity contribution in [2.24, 2.45) is 17.8 Å². The Labute approximate surface area is 248 Å². The number of ether oxygens (including phenoxy) is 1. The number of carbonyl (C=O) groups is 1. The Morgan fingerprint density at radius 2 is 1.90 bits per heavy atom. The van der Waals surface area contributed by atoms with Crippen LogP contribution < -0.4 is 14.4 Å². The molecule has 2 N–H and O–H groups in total. The molecule has 41 heavy (non-hydrogen) atoms. The van der Waals surface area contributed by atoms with Crippen LogP contribution in [0.5, 0.6) is 5.75 Å². The Morgan fingerprint density at radius 3 is 2.68 bits per heavy atom. The molecular formula is C32H41ClN2O5S. The van der Waals surface area contributed by atoms with Crippen molar-refractivity contribution < 1.29 is 23.1 Å². The number of fused-ring (bicyclic) bond motifs is 4. The molecule has 2 bridgehead atoms. The lowest BCUT2D eigenvalue weighted by Crippen LogP contribution is -2.49. The van der Waals surface area contributed by atoms with Crippen LogP contribution in [-0.2, 0) is 21.9 Å². The van der Waals surface area contributed by atoms with Gasteiger partial charge in [-0.05, 0) is 111 Å². The number of benzene rings is 2. The standard InChI is InChI=1S/C32H41ClN2O5S/c1-20-5-3-7-29(36)26-11-8-24(26)17-35-18-32(14-4-6-22-15-25(33)10-12-27(22)32)19-40-30-13-9-23(16-28(30)35)31(37)34-41(38,39)21(20)2/h9-10,12-13,15-16,20-21,24,26,29,36H,3-8,11,14,17-19H2,1-2H3,(H,34,37)/t20-,21-,24-,26+,29-,32-/m0/s1. The number of anilines is 1. The number of aliphatic hydroxyl groups is 1. The number of hydrogen-bond donors (Lipinski definition) is 2. The smallest absolute Gasteiger partial charge is 0.264 e. The van der Waals surface area contributed by atoms with Gasteiger partial charge in [0, 0.05) is 29.1 Å². The van der Waals surface area contributed by atoms with Crippen molar-refractivity contribution in [3.05, 3.63) is 58.1 Å². The highest BCUT2D eigenvalue weighted by Crippen LogP contribution is 2.47. The van der Waals surface area contributed by atoms with Crippen LogP contribution in [0.2, 0.25) is 5.02 Å². The number of nitrogens with zero attached hydrogens (tertiary/aromatic N) is 1. The number of hydrogen-bond acceptors (Lipinski definition) is 6. The fraction of sp³-hybridized carbons (Fsp3) is 0.594. The summed E-state index contributed by atoms with van der Waals surface area (Å²) in [6, 6.07) is 11.4. The van der Waals surface area contributed by atoms with Gasteiger partial charge in [-0.3, -0.25) is 4.79 Å². The third-order valence-corrected chi connectivity index (χ3v) is 12.6. The van der Waals surface area contributed by atoms with E-state index in [9.17, 15) is 18.3 Å². The van der Waals surface area contributed by atoms with Gasteiger partial charge < -0.3 is 14.7 Å². The molecule has 1 amide bonds.